The summed E-state index contributed by atoms with van der Waals surface area (Å²) in [6.45, 7) is 0.208. The van der Waals surface area contributed by atoms with Gasteiger partial charge >= 0.3 is 5.97 Å². The Morgan fingerprint density at radius 1 is 1.39 bits per heavy atom. The SMILES string of the molecule is O=C(O)CCCNC(=O)Cn1cc(Br)ccc1=O. The summed E-state index contributed by atoms with van der Waals surface area (Å²) in [5.41, 5.74) is -0.265. The Balaban J connectivity index is 2.42. The van der Waals surface area contributed by atoms with E-state index in [1.807, 2.05) is 0 Å². The molecule has 0 aliphatic rings. The lowest BCUT2D eigenvalue weighted by Crippen LogP contribution is -2.32. The van der Waals surface area contributed by atoms with Gasteiger partial charge in [-0.05, 0) is 28.4 Å². The predicted molar refractivity (Wildman–Crippen MR) is 68.3 cm³/mol. The standard InChI is InChI=1S/C11H13BrN2O4/c12-8-3-4-10(16)14(6-8)7-9(15)13-5-1-2-11(17)18/h3-4,6H,1-2,5,7H2,(H,13,15)(H,17,18). The Kier molecular flexibility index (Phi) is 5.57. The van der Waals surface area contributed by atoms with Crippen LogP contribution in [0.4, 0.5) is 0 Å². The fourth-order valence-electron chi connectivity index (χ4n) is 1.30. The summed E-state index contributed by atoms with van der Waals surface area (Å²) in [5.74, 6) is -1.21. The number of hydrogen-bond donors (Lipinski definition) is 2. The second-order valence-electron chi connectivity index (χ2n) is 3.66. The molecular weight excluding hydrogens is 304 g/mol. The number of rotatable bonds is 6. The molecule has 0 radical (unpaired) electrons. The largest absolute Gasteiger partial charge is 0.481 e. The quantitative estimate of drug-likeness (QED) is 0.752. The molecule has 0 spiro atoms. The minimum atomic E-state index is -0.896. The van der Waals surface area contributed by atoms with Gasteiger partial charge in [-0.1, -0.05) is 0 Å². The normalized spacial score (nSPS) is 10.1. The first kappa shape index (κ1) is 14.4. The van der Waals surface area contributed by atoms with Crippen molar-refractivity contribution in [1.82, 2.24) is 9.88 Å². The molecule has 0 unspecified atom stereocenters. The van der Waals surface area contributed by atoms with Gasteiger partial charge in [0.05, 0.1) is 0 Å². The number of carboxylic acids is 1. The van der Waals surface area contributed by atoms with E-state index in [0.717, 1.165) is 0 Å². The molecule has 0 saturated heterocycles. The van der Waals surface area contributed by atoms with Crippen LogP contribution in [0.25, 0.3) is 0 Å². The van der Waals surface area contributed by atoms with E-state index in [-0.39, 0.29) is 31.0 Å². The molecule has 2 N–H and O–H groups in total. The highest BCUT2D eigenvalue weighted by molar-refractivity contribution is 9.10. The van der Waals surface area contributed by atoms with Crippen LogP contribution in [0.5, 0.6) is 0 Å². The van der Waals surface area contributed by atoms with Gasteiger partial charge in [-0.15, -0.1) is 0 Å². The number of halogens is 1. The average molecular weight is 317 g/mol. The van der Waals surface area contributed by atoms with Crippen molar-refractivity contribution in [2.24, 2.45) is 0 Å². The van der Waals surface area contributed by atoms with Crippen molar-refractivity contribution in [2.75, 3.05) is 6.54 Å². The van der Waals surface area contributed by atoms with E-state index in [1.165, 1.54) is 16.8 Å². The number of carboxylic acid groups (broad SMARTS) is 1. The molecule has 1 rings (SSSR count). The molecule has 98 valence electrons. The summed E-state index contributed by atoms with van der Waals surface area (Å²) >= 11 is 3.21. The Hall–Kier alpha value is -1.63. The van der Waals surface area contributed by atoms with Gasteiger partial charge in [0.2, 0.25) is 5.91 Å². The van der Waals surface area contributed by atoms with Gasteiger partial charge in [0, 0.05) is 29.7 Å². The highest BCUT2D eigenvalue weighted by atomic mass is 79.9. The smallest absolute Gasteiger partial charge is 0.303 e. The van der Waals surface area contributed by atoms with E-state index in [2.05, 4.69) is 21.2 Å². The first-order chi connectivity index (χ1) is 8.49. The van der Waals surface area contributed by atoms with Crippen molar-refractivity contribution in [3.05, 3.63) is 33.2 Å². The molecule has 0 aliphatic carbocycles. The van der Waals surface area contributed by atoms with Gasteiger partial charge in [0.25, 0.3) is 5.56 Å². The van der Waals surface area contributed by atoms with Crippen LogP contribution >= 0.6 is 15.9 Å². The van der Waals surface area contributed by atoms with E-state index in [0.29, 0.717) is 10.9 Å². The molecule has 0 atom stereocenters. The van der Waals surface area contributed by atoms with Crippen molar-refractivity contribution in [3.63, 3.8) is 0 Å². The molecular formula is C11H13BrN2O4. The molecule has 7 heteroatoms. The fraction of sp³-hybridized carbons (Fsp3) is 0.364. The zero-order valence-corrected chi connectivity index (χ0v) is 11.1. The third-order valence-corrected chi connectivity index (χ3v) is 2.62. The molecule has 0 aliphatic heterocycles. The van der Waals surface area contributed by atoms with Gasteiger partial charge in [-0.2, -0.15) is 0 Å². The topological polar surface area (TPSA) is 88.4 Å². The Labute approximate surface area is 112 Å². The van der Waals surface area contributed by atoms with Crippen LogP contribution in [0, 0.1) is 0 Å². The van der Waals surface area contributed by atoms with Gasteiger partial charge in [-0.3, -0.25) is 14.4 Å². The van der Waals surface area contributed by atoms with Crippen LogP contribution in [-0.2, 0) is 16.1 Å². The second kappa shape index (κ2) is 6.95. The van der Waals surface area contributed by atoms with Crippen LogP contribution in [0.3, 0.4) is 0 Å². The summed E-state index contributed by atoms with van der Waals surface area (Å²) in [6.07, 6.45) is 1.91. The van der Waals surface area contributed by atoms with Gasteiger partial charge in [0.1, 0.15) is 6.54 Å². The number of carbonyl (C=O) groups excluding carboxylic acids is 1. The van der Waals surface area contributed by atoms with Crippen LogP contribution in [0.2, 0.25) is 0 Å². The molecule has 1 aromatic rings. The number of nitrogens with one attached hydrogen (secondary N) is 1. The number of aromatic nitrogens is 1. The Morgan fingerprint density at radius 3 is 2.78 bits per heavy atom. The highest BCUT2D eigenvalue weighted by Crippen LogP contribution is 2.04. The maximum atomic E-state index is 11.5. The molecule has 1 heterocycles. The second-order valence-corrected chi connectivity index (χ2v) is 4.58. The predicted octanol–water partition coefficient (Wildman–Crippen LogP) is 0.592. The highest BCUT2D eigenvalue weighted by Gasteiger charge is 2.04. The maximum absolute atomic E-state index is 11.5. The lowest BCUT2D eigenvalue weighted by molar-refractivity contribution is -0.137. The van der Waals surface area contributed by atoms with E-state index in [4.69, 9.17) is 5.11 Å². The van der Waals surface area contributed by atoms with Crippen molar-refractivity contribution in [1.29, 1.82) is 0 Å². The third-order valence-electron chi connectivity index (χ3n) is 2.15. The molecule has 0 bridgehead atoms. The fourth-order valence-corrected chi connectivity index (χ4v) is 1.68. The number of hydrogen-bond acceptors (Lipinski definition) is 3. The number of amides is 1. The summed E-state index contributed by atoms with van der Waals surface area (Å²) in [7, 11) is 0. The summed E-state index contributed by atoms with van der Waals surface area (Å²) in [6, 6.07) is 2.96. The zero-order valence-electron chi connectivity index (χ0n) is 9.56. The molecule has 0 fully saturated rings. The summed E-state index contributed by atoms with van der Waals surface area (Å²) in [4.78, 5) is 33.2. The molecule has 0 aromatic carbocycles. The maximum Gasteiger partial charge on any atom is 0.303 e. The van der Waals surface area contributed by atoms with Crippen LogP contribution in [0.15, 0.2) is 27.6 Å². The summed E-state index contributed by atoms with van der Waals surface area (Å²) in [5, 5.41) is 11.0. The molecule has 18 heavy (non-hydrogen) atoms. The summed E-state index contributed by atoms with van der Waals surface area (Å²) < 4.78 is 1.98. The van der Waals surface area contributed by atoms with Gasteiger partial charge < -0.3 is 15.0 Å². The minimum absolute atomic E-state index is 0.0110. The Bertz CT molecular complexity index is 498. The van der Waals surface area contributed by atoms with E-state index >= 15 is 0 Å². The number of carbonyl (C=O) groups is 2. The number of pyridine rings is 1. The first-order valence-corrected chi connectivity index (χ1v) is 6.13. The zero-order chi connectivity index (χ0) is 13.5. The number of nitrogens with zero attached hydrogens (tertiary/aromatic N) is 1. The molecule has 6 nitrogen and oxygen atoms in total. The van der Waals surface area contributed by atoms with Crippen molar-refractivity contribution in [3.8, 4) is 0 Å². The van der Waals surface area contributed by atoms with Crippen molar-refractivity contribution in [2.45, 2.75) is 19.4 Å². The van der Waals surface area contributed by atoms with Crippen LogP contribution in [-0.4, -0.2) is 28.1 Å². The minimum Gasteiger partial charge on any atom is -0.481 e. The van der Waals surface area contributed by atoms with Crippen molar-refractivity contribution >= 4 is 27.8 Å². The molecule has 1 aromatic heterocycles. The van der Waals surface area contributed by atoms with E-state index in [1.54, 1.807) is 6.07 Å². The number of aliphatic carboxylic acids is 1. The Morgan fingerprint density at radius 2 is 2.11 bits per heavy atom. The average Bonchev–Trinajstić information content (AvgIpc) is 2.29. The third kappa shape index (κ3) is 5.13. The van der Waals surface area contributed by atoms with Crippen LogP contribution < -0.4 is 10.9 Å². The van der Waals surface area contributed by atoms with E-state index < -0.39 is 5.97 Å². The van der Waals surface area contributed by atoms with E-state index in [9.17, 15) is 14.4 Å². The monoisotopic (exact) mass is 316 g/mol. The van der Waals surface area contributed by atoms with Crippen molar-refractivity contribution < 1.29 is 14.7 Å². The van der Waals surface area contributed by atoms with Gasteiger partial charge in [-0.25, -0.2) is 0 Å². The first-order valence-electron chi connectivity index (χ1n) is 5.33. The lowest BCUT2D eigenvalue weighted by Gasteiger charge is -2.06. The van der Waals surface area contributed by atoms with Gasteiger partial charge in [0.15, 0.2) is 0 Å². The van der Waals surface area contributed by atoms with Crippen LogP contribution in [0.1, 0.15) is 12.8 Å². The molecule has 0 saturated carbocycles. The lowest BCUT2D eigenvalue weighted by atomic mass is 10.3. The molecule has 1 amide bonds.